The first-order chi connectivity index (χ1) is 30.0. The van der Waals surface area contributed by atoms with E-state index in [1.807, 2.05) is 0 Å². The first-order valence-corrected chi connectivity index (χ1v) is 21.2. The predicted octanol–water partition coefficient (Wildman–Crippen LogP) is 16.6. The molecule has 0 aromatic heterocycles. The topological polar surface area (TPSA) is 6.48 Å². The van der Waals surface area contributed by atoms with E-state index in [2.05, 4.69) is 254 Å². The van der Waals surface area contributed by atoms with Gasteiger partial charge < -0.3 is 9.80 Å². The molecular formula is C59H44N2. The summed E-state index contributed by atoms with van der Waals surface area (Å²) in [4.78, 5) is 4.74. The van der Waals surface area contributed by atoms with E-state index >= 15 is 0 Å². The van der Waals surface area contributed by atoms with Gasteiger partial charge in [-0.1, -0.05) is 166 Å². The van der Waals surface area contributed by atoms with E-state index in [0.717, 1.165) is 34.1 Å². The van der Waals surface area contributed by atoms with Gasteiger partial charge in [0, 0.05) is 39.5 Å². The number of nitrogens with zero attached hydrogens (tertiary/aromatic N) is 2. The zero-order chi connectivity index (χ0) is 40.9. The first-order valence-electron chi connectivity index (χ1n) is 21.2. The number of rotatable bonds is 8. The number of fused-ring (bicyclic) bond motifs is 6. The average Bonchev–Trinajstić information content (AvgIpc) is 3.55. The molecule has 2 nitrogen and oxygen atoms in total. The Bertz CT molecular complexity index is 3150. The van der Waals surface area contributed by atoms with Gasteiger partial charge in [0.15, 0.2) is 0 Å². The van der Waals surface area contributed by atoms with Gasteiger partial charge in [-0.2, -0.15) is 0 Å². The molecule has 11 rings (SSSR count). The second-order valence-electron chi connectivity index (χ2n) is 16.6. The van der Waals surface area contributed by atoms with Crippen molar-refractivity contribution in [1.82, 2.24) is 0 Å². The van der Waals surface area contributed by atoms with Crippen LogP contribution in [0.2, 0.25) is 0 Å². The zero-order valence-electron chi connectivity index (χ0n) is 34.3. The van der Waals surface area contributed by atoms with Crippen molar-refractivity contribution >= 4 is 55.7 Å². The fourth-order valence-electron chi connectivity index (χ4n) is 9.57. The number of hydrogen-bond donors (Lipinski definition) is 0. The van der Waals surface area contributed by atoms with E-state index in [9.17, 15) is 0 Å². The smallest absolute Gasteiger partial charge is 0.0468 e. The Labute approximate surface area is 358 Å². The van der Waals surface area contributed by atoms with E-state index in [-0.39, 0.29) is 5.41 Å². The minimum atomic E-state index is -0.121. The molecule has 0 unspecified atom stereocenters. The Morgan fingerprint density at radius 3 is 1.41 bits per heavy atom. The highest BCUT2D eigenvalue weighted by molar-refractivity contribution is 6.15. The summed E-state index contributed by atoms with van der Waals surface area (Å²) in [5, 5.41) is 4.98. The highest BCUT2D eigenvalue weighted by atomic mass is 15.1. The first kappa shape index (κ1) is 36.4. The Kier molecular flexibility index (Phi) is 8.86. The van der Waals surface area contributed by atoms with Gasteiger partial charge in [0.1, 0.15) is 0 Å². The van der Waals surface area contributed by atoms with E-state index in [1.54, 1.807) is 0 Å². The van der Waals surface area contributed by atoms with Gasteiger partial charge in [-0.05, 0) is 145 Å². The van der Waals surface area contributed by atoms with Gasteiger partial charge in [0.05, 0.1) is 0 Å². The van der Waals surface area contributed by atoms with Gasteiger partial charge in [-0.3, -0.25) is 0 Å². The zero-order valence-corrected chi connectivity index (χ0v) is 34.3. The van der Waals surface area contributed by atoms with Crippen molar-refractivity contribution in [2.24, 2.45) is 0 Å². The van der Waals surface area contributed by atoms with E-state index < -0.39 is 0 Å². The van der Waals surface area contributed by atoms with Crippen LogP contribution < -0.4 is 9.80 Å². The molecule has 0 fully saturated rings. The molecule has 0 atom stereocenters. The van der Waals surface area contributed by atoms with Crippen LogP contribution in [-0.4, -0.2) is 0 Å². The monoisotopic (exact) mass is 780 g/mol. The minimum Gasteiger partial charge on any atom is -0.311 e. The molecule has 0 spiro atoms. The van der Waals surface area contributed by atoms with Crippen LogP contribution in [-0.2, 0) is 5.41 Å². The fraction of sp³-hybridized carbons (Fsp3) is 0.0508. The molecule has 0 heterocycles. The number of anilines is 6. The molecule has 1 aliphatic rings. The van der Waals surface area contributed by atoms with Crippen molar-refractivity contribution < 1.29 is 0 Å². The quantitative estimate of drug-likeness (QED) is 0.142. The molecular weight excluding hydrogens is 737 g/mol. The van der Waals surface area contributed by atoms with Gasteiger partial charge in [0.2, 0.25) is 0 Å². The summed E-state index contributed by atoms with van der Waals surface area (Å²) in [6.45, 7) is 4.72. The maximum absolute atomic E-state index is 2.44. The van der Waals surface area contributed by atoms with Crippen molar-refractivity contribution in [3.8, 4) is 33.4 Å². The van der Waals surface area contributed by atoms with Crippen molar-refractivity contribution in [1.29, 1.82) is 0 Å². The highest BCUT2D eigenvalue weighted by Gasteiger charge is 2.35. The van der Waals surface area contributed by atoms with Crippen LogP contribution in [0, 0.1) is 0 Å². The van der Waals surface area contributed by atoms with E-state index in [1.165, 1.54) is 66.1 Å². The summed E-state index contributed by atoms with van der Waals surface area (Å²) < 4.78 is 0. The molecule has 10 aromatic carbocycles. The molecule has 0 saturated heterocycles. The summed E-state index contributed by atoms with van der Waals surface area (Å²) in [7, 11) is 0. The molecule has 1 aliphatic carbocycles. The third-order valence-corrected chi connectivity index (χ3v) is 12.6. The Morgan fingerprint density at radius 1 is 0.279 bits per heavy atom. The van der Waals surface area contributed by atoms with Crippen LogP contribution in [0.5, 0.6) is 0 Å². The van der Waals surface area contributed by atoms with Gasteiger partial charge >= 0.3 is 0 Å². The molecule has 0 N–H and O–H groups in total. The highest BCUT2D eigenvalue weighted by Crippen LogP contribution is 2.51. The summed E-state index contributed by atoms with van der Waals surface area (Å²) in [6, 6.07) is 84.0. The second-order valence-corrected chi connectivity index (χ2v) is 16.6. The maximum Gasteiger partial charge on any atom is 0.0468 e. The molecule has 2 heteroatoms. The lowest BCUT2D eigenvalue weighted by Gasteiger charge is -2.29. The molecule has 290 valence electrons. The van der Waals surface area contributed by atoms with Crippen molar-refractivity contribution in [2.45, 2.75) is 19.3 Å². The lowest BCUT2D eigenvalue weighted by Crippen LogP contribution is -2.16. The van der Waals surface area contributed by atoms with Crippen LogP contribution in [0.1, 0.15) is 25.0 Å². The molecule has 0 radical (unpaired) electrons. The summed E-state index contributed by atoms with van der Waals surface area (Å²) >= 11 is 0. The van der Waals surface area contributed by atoms with Gasteiger partial charge in [0.25, 0.3) is 0 Å². The van der Waals surface area contributed by atoms with Crippen molar-refractivity contribution in [3.63, 3.8) is 0 Å². The molecule has 0 saturated carbocycles. The van der Waals surface area contributed by atoms with Gasteiger partial charge in [-0.25, -0.2) is 0 Å². The second kappa shape index (κ2) is 14.9. The lowest BCUT2D eigenvalue weighted by atomic mass is 9.82. The molecule has 0 aliphatic heterocycles. The molecule has 0 bridgehead atoms. The number of benzene rings is 10. The minimum absolute atomic E-state index is 0.121. The SMILES string of the molecule is CC1(C)c2ccccc2-c2ccc(N(c3ccc(-c4ccc(N(c5ccccc5)c5ccccc5)cc4)cc3)c3ccc4c(-c5ccccc5)cc5ccccc5c4c3)cc21. The van der Waals surface area contributed by atoms with Crippen molar-refractivity contribution in [3.05, 3.63) is 242 Å². The molecule has 61 heavy (non-hydrogen) atoms. The number of hydrogen-bond acceptors (Lipinski definition) is 2. The van der Waals surface area contributed by atoms with E-state index in [0.29, 0.717) is 0 Å². The fourth-order valence-corrected chi connectivity index (χ4v) is 9.57. The predicted molar refractivity (Wildman–Crippen MR) is 259 cm³/mol. The van der Waals surface area contributed by atoms with Crippen LogP contribution in [0.4, 0.5) is 34.1 Å². The van der Waals surface area contributed by atoms with Crippen LogP contribution in [0.3, 0.4) is 0 Å². The molecule has 10 aromatic rings. The van der Waals surface area contributed by atoms with Crippen LogP contribution in [0.25, 0.3) is 54.9 Å². The summed E-state index contributed by atoms with van der Waals surface area (Å²) in [5.74, 6) is 0. The van der Waals surface area contributed by atoms with E-state index in [4.69, 9.17) is 0 Å². The maximum atomic E-state index is 2.44. The third-order valence-electron chi connectivity index (χ3n) is 12.6. The standard InChI is InChI=1S/C59H44N2/c1-59(2)57-25-15-14-24-53(57)54-37-35-50(40-58(54)59)61(49-34-36-52-55(43-16-6-3-7-17-43)38-44-18-12-13-23-51(44)56(52)39-49)48-32-28-42(29-33-48)41-26-30-47(31-27-41)60(45-19-8-4-9-20-45)46-21-10-5-11-22-46/h3-40H,1-2H3. The van der Waals surface area contributed by atoms with Crippen molar-refractivity contribution in [2.75, 3.05) is 9.80 Å². The Morgan fingerprint density at radius 2 is 0.754 bits per heavy atom. The number of para-hydroxylation sites is 2. The normalized spacial score (nSPS) is 12.6. The Hall–Kier alpha value is -7.68. The summed E-state index contributed by atoms with van der Waals surface area (Å²) in [5.41, 5.74) is 16.8. The van der Waals surface area contributed by atoms with Crippen LogP contribution in [0.15, 0.2) is 231 Å². The largest absolute Gasteiger partial charge is 0.311 e. The average molecular weight is 781 g/mol. The molecule has 0 amide bonds. The lowest BCUT2D eigenvalue weighted by molar-refractivity contribution is 0.660. The summed E-state index contributed by atoms with van der Waals surface area (Å²) in [6.07, 6.45) is 0. The Balaban J connectivity index is 1.03. The van der Waals surface area contributed by atoms with Gasteiger partial charge in [-0.15, -0.1) is 0 Å². The third kappa shape index (κ3) is 6.36. The van der Waals surface area contributed by atoms with Crippen LogP contribution >= 0.6 is 0 Å².